The third kappa shape index (κ3) is 12.3. The van der Waals surface area contributed by atoms with Gasteiger partial charge in [-0.2, -0.15) is 8.42 Å². The first-order chi connectivity index (χ1) is 8.35. The lowest BCUT2D eigenvalue weighted by Gasteiger charge is -2.13. The van der Waals surface area contributed by atoms with E-state index in [1.807, 2.05) is 6.92 Å². The van der Waals surface area contributed by atoms with E-state index < -0.39 is 10.4 Å². The fourth-order valence-electron chi connectivity index (χ4n) is 1.99. The Kier molecular flexibility index (Phi) is 9.68. The zero-order valence-electron chi connectivity index (χ0n) is 11.9. The molecule has 0 aromatic rings. The number of hydrogen-bond donors (Lipinski definition) is 1. The summed E-state index contributed by atoms with van der Waals surface area (Å²) in [5.74, 6) is 0.904. The highest BCUT2D eigenvalue weighted by molar-refractivity contribution is 7.80. The highest BCUT2D eigenvalue weighted by Crippen LogP contribution is 2.18. The van der Waals surface area contributed by atoms with Crippen molar-refractivity contribution in [3.05, 3.63) is 0 Å². The number of unbranched alkanes of at least 4 members (excludes halogenated alkanes) is 2. The van der Waals surface area contributed by atoms with Gasteiger partial charge in [0.2, 0.25) is 0 Å². The van der Waals surface area contributed by atoms with Gasteiger partial charge in [-0.15, -0.1) is 0 Å². The van der Waals surface area contributed by atoms with Gasteiger partial charge in [-0.3, -0.25) is 4.55 Å². The minimum absolute atomic E-state index is 0.0725. The average Bonchev–Trinajstić information content (AvgIpc) is 2.26. The van der Waals surface area contributed by atoms with Crippen molar-refractivity contribution in [3.8, 4) is 0 Å². The zero-order chi connectivity index (χ0) is 14.0. The minimum atomic E-state index is -4.28. The molecule has 2 atom stereocenters. The van der Waals surface area contributed by atoms with Gasteiger partial charge in [-0.1, -0.05) is 59.3 Å². The second-order valence-electron chi connectivity index (χ2n) is 5.35. The van der Waals surface area contributed by atoms with Gasteiger partial charge in [0.25, 0.3) is 0 Å². The van der Waals surface area contributed by atoms with Gasteiger partial charge in [0.05, 0.1) is 6.61 Å². The molecule has 0 fully saturated rings. The molecule has 0 aromatic carbocycles. The van der Waals surface area contributed by atoms with Gasteiger partial charge in [-0.05, 0) is 18.3 Å². The number of hydrogen-bond acceptors (Lipinski definition) is 3. The first kappa shape index (κ1) is 17.9. The summed E-state index contributed by atoms with van der Waals surface area (Å²) < 4.78 is 33.6. The van der Waals surface area contributed by atoms with Crippen LogP contribution in [0.1, 0.15) is 65.7 Å². The lowest BCUT2D eigenvalue weighted by molar-refractivity contribution is 0.221. The summed E-state index contributed by atoms with van der Waals surface area (Å²) in [5.41, 5.74) is 0. The number of rotatable bonds is 11. The molecule has 0 aliphatic heterocycles. The van der Waals surface area contributed by atoms with Crippen molar-refractivity contribution in [1.29, 1.82) is 0 Å². The monoisotopic (exact) mass is 280 g/mol. The van der Waals surface area contributed by atoms with Crippen LogP contribution in [0, 0.1) is 11.8 Å². The quantitative estimate of drug-likeness (QED) is 0.461. The molecule has 0 spiro atoms. The van der Waals surface area contributed by atoms with Crippen LogP contribution in [0.5, 0.6) is 0 Å². The standard InChI is InChI=1S/C13H28O4S/c1-4-5-6-8-12(2)9-7-10-13(3)11-17-18(14,15)16/h12-13H,4-11H2,1-3H3,(H,14,15,16). The molecular formula is C13H28O4S. The van der Waals surface area contributed by atoms with E-state index in [2.05, 4.69) is 18.0 Å². The van der Waals surface area contributed by atoms with Crippen LogP contribution in [0.3, 0.4) is 0 Å². The first-order valence-corrected chi connectivity index (χ1v) is 8.33. The predicted octanol–water partition coefficient (Wildman–Crippen LogP) is 3.83. The van der Waals surface area contributed by atoms with Crippen molar-refractivity contribution in [2.75, 3.05) is 6.61 Å². The lowest BCUT2D eigenvalue weighted by Crippen LogP contribution is -2.11. The van der Waals surface area contributed by atoms with Crippen LogP contribution in [0.2, 0.25) is 0 Å². The Bertz CT molecular complexity index is 287. The van der Waals surface area contributed by atoms with E-state index in [1.54, 1.807) is 0 Å². The van der Waals surface area contributed by atoms with Gasteiger partial charge >= 0.3 is 10.4 Å². The molecule has 110 valence electrons. The van der Waals surface area contributed by atoms with Crippen LogP contribution in [-0.4, -0.2) is 19.6 Å². The molecule has 0 aromatic heterocycles. The molecule has 0 amide bonds. The smallest absolute Gasteiger partial charge is 0.264 e. The van der Waals surface area contributed by atoms with Crippen molar-refractivity contribution >= 4 is 10.4 Å². The van der Waals surface area contributed by atoms with Crippen molar-refractivity contribution in [2.24, 2.45) is 11.8 Å². The Labute approximate surface area is 112 Å². The molecule has 5 heteroatoms. The molecule has 0 heterocycles. The highest BCUT2D eigenvalue weighted by atomic mass is 32.3. The summed E-state index contributed by atoms with van der Waals surface area (Å²) in [4.78, 5) is 0. The van der Waals surface area contributed by atoms with Gasteiger partial charge in [0, 0.05) is 0 Å². The topological polar surface area (TPSA) is 63.6 Å². The Morgan fingerprint density at radius 3 is 2.11 bits per heavy atom. The molecule has 0 saturated carbocycles. The van der Waals surface area contributed by atoms with E-state index in [0.29, 0.717) is 0 Å². The predicted molar refractivity (Wildman–Crippen MR) is 73.8 cm³/mol. The summed E-state index contributed by atoms with van der Waals surface area (Å²) in [7, 11) is -4.28. The molecule has 18 heavy (non-hydrogen) atoms. The molecule has 0 bridgehead atoms. The average molecular weight is 280 g/mol. The van der Waals surface area contributed by atoms with E-state index >= 15 is 0 Å². The summed E-state index contributed by atoms with van der Waals surface area (Å²) in [6, 6.07) is 0. The Morgan fingerprint density at radius 2 is 1.56 bits per heavy atom. The highest BCUT2D eigenvalue weighted by Gasteiger charge is 2.10. The molecular weight excluding hydrogens is 252 g/mol. The van der Waals surface area contributed by atoms with E-state index in [-0.39, 0.29) is 12.5 Å². The maximum Gasteiger partial charge on any atom is 0.397 e. The van der Waals surface area contributed by atoms with Crippen molar-refractivity contribution < 1.29 is 17.2 Å². The van der Waals surface area contributed by atoms with Crippen LogP contribution in [-0.2, 0) is 14.6 Å². The molecule has 0 aliphatic carbocycles. The molecule has 0 saturated heterocycles. The second kappa shape index (κ2) is 9.75. The second-order valence-corrected chi connectivity index (χ2v) is 6.44. The van der Waals surface area contributed by atoms with Crippen LogP contribution in [0.15, 0.2) is 0 Å². The largest absolute Gasteiger partial charge is 0.397 e. The van der Waals surface area contributed by atoms with Crippen LogP contribution < -0.4 is 0 Å². The molecule has 0 aliphatic rings. The Hall–Kier alpha value is -0.130. The third-order valence-electron chi connectivity index (χ3n) is 3.20. The molecule has 0 rings (SSSR count). The summed E-state index contributed by atoms with van der Waals surface area (Å²) >= 11 is 0. The third-order valence-corrected chi connectivity index (χ3v) is 3.63. The van der Waals surface area contributed by atoms with E-state index in [1.165, 1.54) is 32.1 Å². The van der Waals surface area contributed by atoms with Gasteiger partial charge in [0.1, 0.15) is 0 Å². The maximum absolute atomic E-state index is 10.4. The van der Waals surface area contributed by atoms with E-state index in [9.17, 15) is 8.42 Å². The first-order valence-electron chi connectivity index (χ1n) is 6.97. The van der Waals surface area contributed by atoms with Crippen molar-refractivity contribution in [3.63, 3.8) is 0 Å². The molecule has 1 N–H and O–H groups in total. The zero-order valence-corrected chi connectivity index (χ0v) is 12.7. The molecule has 2 unspecified atom stereocenters. The SMILES string of the molecule is CCCCCC(C)CCCC(C)COS(=O)(=O)O. The van der Waals surface area contributed by atoms with Crippen LogP contribution in [0.4, 0.5) is 0 Å². The fourth-order valence-corrected chi connectivity index (χ4v) is 2.39. The fraction of sp³-hybridized carbons (Fsp3) is 1.00. The van der Waals surface area contributed by atoms with E-state index in [4.69, 9.17) is 4.55 Å². The maximum atomic E-state index is 10.4. The molecule has 0 radical (unpaired) electrons. The van der Waals surface area contributed by atoms with Crippen LogP contribution in [0.25, 0.3) is 0 Å². The normalized spacial score (nSPS) is 15.6. The molecule has 4 nitrogen and oxygen atoms in total. The van der Waals surface area contributed by atoms with Crippen molar-refractivity contribution in [1.82, 2.24) is 0 Å². The Balaban J connectivity index is 3.52. The van der Waals surface area contributed by atoms with Crippen molar-refractivity contribution in [2.45, 2.75) is 65.7 Å². The summed E-state index contributed by atoms with van der Waals surface area (Å²) in [5, 5.41) is 0. The summed E-state index contributed by atoms with van der Waals surface area (Å²) in [6.45, 7) is 6.49. The van der Waals surface area contributed by atoms with E-state index in [0.717, 1.165) is 18.8 Å². The van der Waals surface area contributed by atoms with Crippen LogP contribution >= 0.6 is 0 Å². The van der Waals surface area contributed by atoms with Gasteiger partial charge in [-0.25, -0.2) is 4.18 Å². The summed E-state index contributed by atoms with van der Waals surface area (Å²) in [6.07, 6.45) is 8.36. The Morgan fingerprint density at radius 1 is 1.00 bits per heavy atom. The minimum Gasteiger partial charge on any atom is -0.264 e. The van der Waals surface area contributed by atoms with Gasteiger partial charge in [0.15, 0.2) is 0 Å². The van der Waals surface area contributed by atoms with Gasteiger partial charge < -0.3 is 0 Å². The lowest BCUT2D eigenvalue weighted by atomic mass is 9.95.